The van der Waals surface area contributed by atoms with E-state index in [0.717, 1.165) is 5.56 Å². The minimum atomic E-state index is -0.121. The van der Waals surface area contributed by atoms with Crippen LogP contribution in [-0.2, 0) is 4.79 Å². The standard InChI is InChI=1S/C18H13NO3S2/c1-11-2-4-12(5-3-11)8-16-17(20)19(18(23)24-16)13-6-7-14-15(9-13)22-10-21-14/h2-9H,10H2,1H3. The maximum Gasteiger partial charge on any atom is 0.270 e. The van der Waals surface area contributed by atoms with E-state index in [0.29, 0.717) is 26.4 Å². The third-order valence-corrected chi connectivity index (χ3v) is 5.09. The molecule has 1 fully saturated rings. The molecule has 2 aliphatic heterocycles. The second kappa shape index (κ2) is 5.96. The SMILES string of the molecule is Cc1ccc(C=C2SC(=S)N(c3ccc4c(c3)OCO4)C2=O)cc1. The van der Waals surface area contributed by atoms with E-state index in [1.165, 1.54) is 22.2 Å². The van der Waals surface area contributed by atoms with E-state index in [2.05, 4.69) is 0 Å². The Balaban J connectivity index is 1.65. The highest BCUT2D eigenvalue weighted by atomic mass is 32.2. The Morgan fingerprint density at radius 3 is 2.67 bits per heavy atom. The first kappa shape index (κ1) is 15.2. The van der Waals surface area contributed by atoms with Crippen molar-refractivity contribution in [2.24, 2.45) is 0 Å². The Labute approximate surface area is 149 Å². The van der Waals surface area contributed by atoms with E-state index < -0.39 is 0 Å². The van der Waals surface area contributed by atoms with E-state index >= 15 is 0 Å². The third-order valence-electron chi connectivity index (χ3n) is 3.78. The highest BCUT2D eigenvalue weighted by molar-refractivity contribution is 8.27. The largest absolute Gasteiger partial charge is 0.454 e. The lowest BCUT2D eigenvalue weighted by Gasteiger charge is -2.14. The topological polar surface area (TPSA) is 38.8 Å². The fourth-order valence-corrected chi connectivity index (χ4v) is 3.83. The molecule has 2 heterocycles. The highest BCUT2D eigenvalue weighted by Crippen LogP contribution is 2.40. The molecule has 0 N–H and O–H groups in total. The van der Waals surface area contributed by atoms with Gasteiger partial charge in [0.2, 0.25) is 6.79 Å². The normalized spacial score (nSPS) is 17.9. The first-order chi connectivity index (χ1) is 11.6. The van der Waals surface area contributed by atoms with Crippen LogP contribution in [0.1, 0.15) is 11.1 Å². The Kier molecular flexibility index (Phi) is 3.78. The van der Waals surface area contributed by atoms with Gasteiger partial charge in [0.15, 0.2) is 15.8 Å². The number of amides is 1. The molecule has 4 rings (SSSR count). The van der Waals surface area contributed by atoms with E-state index in [1.54, 1.807) is 12.1 Å². The second-order valence-corrected chi connectivity index (χ2v) is 7.14. The van der Waals surface area contributed by atoms with Crippen molar-refractivity contribution in [3.63, 3.8) is 0 Å². The van der Waals surface area contributed by atoms with Gasteiger partial charge in [-0.2, -0.15) is 0 Å². The molecule has 1 amide bonds. The molecule has 120 valence electrons. The van der Waals surface area contributed by atoms with Crippen LogP contribution in [0.5, 0.6) is 11.5 Å². The van der Waals surface area contributed by atoms with Gasteiger partial charge in [-0.3, -0.25) is 9.69 Å². The van der Waals surface area contributed by atoms with Gasteiger partial charge in [0.1, 0.15) is 0 Å². The zero-order chi connectivity index (χ0) is 16.7. The summed E-state index contributed by atoms with van der Waals surface area (Å²) in [7, 11) is 0. The van der Waals surface area contributed by atoms with Crippen LogP contribution < -0.4 is 14.4 Å². The molecule has 0 unspecified atom stereocenters. The van der Waals surface area contributed by atoms with Crippen LogP contribution in [-0.4, -0.2) is 17.0 Å². The lowest BCUT2D eigenvalue weighted by Crippen LogP contribution is -2.27. The summed E-state index contributed by atoms with van der Waals surface area (Å²) in [6.45, 7) is 2.23. The van der Waals surface area contributed by atoms with Gasteiger partial charge in [-0.05, 0) is 30.7 Å². The van der Waals surface area contributed by atoms with Crippen LogP contribution in [0.3, 0.4) is 0 Å². The molecule has 0 aliphatic carbocycles. The van der Waals surface area contributed by atoms with Crippen LogP contribution in [0.15, 0.2) is 47.4 Å². The van der Waals surface area contributed by atoms with E-state index in [4.69, 9.17) is 21.7 Å². The molecule has 0 bridgehead atoms. The van der Waals surface area contributed by atoms with Crippen LogP contribution in [0.4, 0.5) is 5.69 Å². The minimum Gasteiger partial charge on any atom is -0.454 e. The summed E-state index contributed by atoms with van der Waals surface area (Å²) in [4.78, 5) is 14.9. The Morgan fingerprint density at radius 2 is 1.88 bits per heavy atom. The molecule has 0 saturated carbocycles. The summed E-state index contributed by atoms with van der Waals surface area (Å²) in [6.07, 6.45) is 1.87. The fraction of sp³-hybridized carbons (Fsp3) is 0.111. The number of rotatable bonds is 2. The zero-order valence-corrected chi connectivity index (χ0v) is 14.4. The third kappa shape index (κ3) is 2.68. The number of fused-ring (bicyclic) bond motifs is 1. The Morgan fingerprint density at radius 1 is 1.12 bits per heavy atom. The summed E-state index contributed by atoms with van der Waals surface area (Å²) in [6, 6.07) is 13.4. The number of benzene rings is 2. The fourth-order valence-electron chi connectivity index (χ4n) is 2.53. The summed E-state index contributed by atoms with van der Waals surface area (Å²) in [5.74, 6) is 1.19. The first-order valence-electron chi connectivity index (χ1n) is 7.36. The van der Waals surface area contributed by atoms with Gasteiger partial charge >= 0.3 is 0 Å². The molecule has 0 radical (unpaired) electrons. The molecule has 1 saturated heterocycles. The molecule has 2 aromatic carbocycles. The number of nitrogens with zero attached hydrogens (tertiary/aromatic N) is 1. The lowest BCUT2D eigenvalue weighted by molar-refractivity contribution is -0.113. The number of hydrogen-bond donors (Lipinski definition) is 0. The first-order valence-corrected chi connectivity index (χ1v) is 8.58. The zero-order valence-electron chi connectivity index (χ0n) is 12.8. The van der Waals surface area contributed by atoms with Crippen LogP contribution in [0.25, 0.3) is 6.08 Å². The van der Waals surface area contributed by atoms with Gasteiger partial charge in [0.25, 0.3) is 5.91 Å². The van der Waals surface area contributed by atoms with Crippen molar-refractivity contribution in [3.8, 4) is 11.5 Å². The van der Waals surface area contributed by atoms with Gasteiger partial charge in [-0.25, -0.2) is 0 Å². The molecule has 0 aromatic heterocycles. The predicted molar refractivity (Wildman–Crippen MR) is 99.4 cm³/mol. The Hall–Kier alpha value is -2.31. The number of thiocarbonyl (C=S) groups is 1. The molecule has 24 heavy (non-hydrogen) atoms. The molecule has 4 nitrogen and oxygen atoms in total. The summed E-state index contributed by atoms with van der Waals surface area (Å²) in [5, 5.41) is 0. The molecule has 0 spiro atoms. The van der Waals surface area contributed by atoms with Crippen LogP contribution >= 0.6 is 24.0 Å². The van der Waals surface area contributed by atoms with Crippen molar-refractivity contribution in [1.82, 2.24) is 0 Å². The quantitative estimate of drug-likeness (QED) is 0.598. The second-order valence-electron chi connectivity index (χ2n) is 5.47. The number of ether oxygens (including phenoxy) is 2. The van der Waals surface area contributed by atoms with Crippen molar-refractivity contribution in [1.29, 1.82) is 0 Å². The number of thioether (sulfide) groups is 1. The maximum absolute atomic E-state index is 12.8. The number of anilines is 1. The molecular formula is C18H13NO3S2. The highest BCUT2D eigenvalue weighted by Gasteiger charge is 2.34. The van der Waals surface area contributed by atoms with Crippen molar-refractivity contribution < 1.29 is 14.3 Å². The van der Waals surface area contributed by atoms with Gasteiger partial charge in [-0.1, -0.05) is 53.8 Å². The van der Waals surface area contributed by atoms with Crippen molar-refractivity contribution >= 4 is 46.0 Å². The van der Waals surface area contributed by atoms with Crippen molar-refractivity contribution in [2.75, 3.05) is 11.7 Å². The molecule has 6 heteroatoms. The van der Waals surface area contributed by atoms with Gasteiger partial charge in [0, 0.05) is 6.07 Å². The minimum absolute atomic E-state index is 0.121. The van der Waals surface area contributed by atoms with Gasteiger partial charge in [0.05, 0.1) is 10.6 Å². The van der Waals surface area contributed by atoms with Gasteiger partial charge in [-0.15, -0.1) is 0 Å². The smallest absolute Gasteiger partial charge is 0.270 e. The molecule has 0 atom stereocenters. The molecule has 2 aliphatic rings. The van der Waals surface area contributed by atoms with Crippen LogP contribution in [0.2, 0.25) is 0 Å². The van der Waals surface area contributed by atoms with Crippen molar-refractivity contribution in [2.45, 2.75) is 6.92 Å². The van der Waals surface area contributed by atoms with Crippen LogP contribution in [0, 0.1) is 6.92 Å². The summed E-state index contributed by atoms with van der Waals surface area (Å²) < 4.78 is 11.2. The Bertz CT molecular complexity index is 874. The number of carbonyl (C=O) groups is 1. The average Bonchev–Trinajstić information content (AvgIpc) is 3.14. The summed E-state index contributed by atoms with van der Waals surface area (Å²) >= 11 is 6.70. The summed E-state index contributed by atoms with van der Waals surface area (Å²) in [5.41, 5.74) is 2.85. The lowest BCUT2D eigenvalue weighted by atomic mass is 10.1. The van der Waals surface area contributed by atoms with E-state index in [1.807, 2.05) is 43.3 Å². The monoisotopic (exact) mass is 355 g/mol. The van der Waals surface area contributed by atoms with E-state index in [9.17, 15) is 4.79 Å². The number of hydrogen-bond acceptors (Lipinski definition) is 5. The van der Waals surface area contributed by atoms with E-state index in [-0.39, 0.29) is 12.7 Å². The average molecular weight is 355 g/mol. The number of aryl methyl sites for hydroxylation is 1. The van der Waals surface area contributed by atoms with Gasteiger partial charge < -0.3 is 9.47 Å². The maximum atomic E-state index is 12.8. The molecular weight excluding hydrogens is 342 g/mol. The van der Waals surface area contributed by atoms with Crippen molar-refractivity contribution in [3.05, 3.63) is 58.5 Å². The number of carbonyl (C=O) groups excluding carboxylic acids is 1. The predicted octanol–water partition coefficient (Wildman–Crippen LogP) is 4.13. The molecule has 2 aromatic rings.